The number of nitrogens with zero attached hydrogens (tertiary/aromatic N) is 2. The number of rotatable bonds is 5. The average Bonchev–Trinajstić information content (AvgIpc) is 3.04. The first-order chi connectivity index (χ1) is 15.3. The molecule has 2 aliphatic rings. The van der Waals surface area contributed by atoms with Crippen molar-refractivity contribution in [3.63, 3.8) is 0 Å². The first-order valence-corrected chi connectivity index (χ1v) is 10.9. The maximum absolute atomic E-state index is 13.5. The Balaban J connectivity index is 1.72. The van der Waals surface area contributed by atoms with Gasteiger partial charge >= 0.3 is 0 Å². The van der Waals surface area contributed by atoms with Gasteiger partial charge in [-0.15, -0.1) is 0 Å². The second-order valence-corrected chi connectivity index (χ2v) is 8.62. The minimum atomic E-state index is -0.666. The molecule has 0 radical (unpaired) electrons. The molecule has 32 heavy (non-hydrogen) atoms. The number of carbonyl (C=O) groups excluding carboxylic acids is 4. The maximum atomic E-state index is 13.5. The Labute approximate surface area is 191 Å². The Morgan fingerprint density at radius 1 is 0.969 bits per heavy atom. The Morgan fingerprint density at radius 3 is 2.19 bits per heavy atom. The summed E-state index contributed by atoms with van der Waals surface area (Å²) in [4.78, 5) is 52.9. The van der Waals surface area contributed by atoms with Gasteiger partial charge in [-0.2, -0.15) is 5.01 Å². The molecular formula is C25H23ClN2O4. The van der Waals surface area contributed by atoms with E-state index in [-0.39, 0.29) is 16.4 Å². The quantitative estimate of drug-likeness (QED) is 0.389. The van der Waals surface area contributed by atoms with Crippen molar-refractivity contribution in [3.8, 4) is 0 Å². The van der Waals surface area contributed by atoms with E-state index in [1.54, 1.807) is 30.3 Å². The van der Waals surface area contributed by atoms with E-state index in [0.29, 0.717) is 18.4 Å². The average molecular weight is 451 g/mol. The van der Waals surface area contributed by atoms with Crippen molar-refractivity contribution < 1.29 is 19.2 Å². The molecule has 6 nitrogen and oxygen atoms in total. The SMILES string of the molecule is Cc1ccc(C(=O)CN(C(=O)c2ccccc2Cl)N2C(=O)[C@H]3CC=CC[C@H]3C2=O)cc1C. The van der Waals surface area contributed by atoms with Crippen molar-refractivity contribution in [2.45, 2.75) is 26.7 Å². The fourth-order valence-electron chi connectivity index (χ4n) is 4.17. The van der Waals surface area contributed by atoms with Gasteiger partial charge in [-0.05, 0) is 56.0 Å². The summed E-state index contributed by atoms with van der Waals surface area (Å²) in [5, 5.41) is 2.01. The van der Waals surface area contributed by atoms with Gasteiger partial charge in [0, 0.05) is 5.56 Å². The number of imide groups is 1. The van der Waals surface area contributed by atoms with Crippen molar-refractivity contribution in [3.05, 3.63) is 81.9 Å². The number of carbonyl (C=O) groups is 4. The van der Waals surface area contributed by atoms with Crippen LogP contribution in [0.1, 0.15) is 44.7 Å². The molecule has 2 aromatic carbocycles. The van der Waals surface area contributed by atoms with Gasteiger partial charge < -0.3 is 0 Å². The summed E-state index contributed by atoms with van der Waals surface area (Å²) >= 11 is 6.23. The third-order valence-corrected chi connectivity index (χ3v) is 6.52. The van der Waals surface area contributed by atoms with E-state index >= 15 is 0 Å². The van der Waals surface area contributed by atoms with E-state index < -0.39 is 36.1 Å². The van der Waals surface area contributed by atoms with Gasteiger partial charge in [0.05, 0.1) is 22.4 Å². The summed E-state index contributed by atoms with van der Waals surface area (Å²) < 4.78 is 0. The summed E-state index contributed by atoms with van der Waals surface area (Å²) in [6.07, 6.45) is 4.61. The van der Waals surface area contributed by atoms with Crippen molar-refractivity contribution in [1.82, 2.24) is 10.0 Å². The highest BCUT2D eigenvalue weighted by atomic mass is 35.5. The van der Waals surface area contributed by atoms with Crippen LogP contribution in [-0.2, 0) is 9.59 Å². The summed E-state index contributed by atoms with van der Waals surface area (Å²) in [6.45, 7) is 3.38. The lowest BCUT2D eigenvalue weighted by molar-refractivity contribution is -0.154. The van der Waals surface area contributed by atoms with Crippen LogP contribution in [0.2, 0.25) is 5.02 Å². The minimum absolute atomic E-state index is 0.121. The van der Waals surface area contributed by atoms with Crippen LogP contribution in [-0.4, -0.2) is 40.1 Å². The Hall–Kier alpha value is -3.25. The standard InChI is InChI=1S/C25H23ClN2O4/c1-15-11-12-17(13-16(15)2)22(29)14-27(23(30)20-9-5-6-10-21(20)26)28-24(31)18-7-3-4-8-19(18)25(28)32/h3-6,9-13,18-19H,7-8,14H2,1-2H3/t18-,19+. The second kappa shape index (κ2) is 8.71. The number of fused-ring (bicyclic) bond motifs is 1. The van der Waals surface area contributed by atoms with E-state index in [0.717, 1.165) is 21.1 Å². The molecule has 7 heteroatoms. The molecule has 1 aliphatic carbocycles. The molecule has 0 unspecified atom stereocenters. The van der Waals surface area contributed by atoms with Crippen molar-refractivity contribution >= 4 is 35.1 Å². The van der Waals surface area contributed by atoms with Gasteiger partial charge in [-0.3, -0.25) is 19.2 Å². The molecule has 0 aromatic heterocycles. The smallest absolute Gasteiger partial charge is 0.274 e. The molecule has 1 fully saturated rings. The minimum Gasteiger partial charge on any atom is -0.292 e. The largest absolute Gasteiger partial charge is 0.292 e. The Morgan fingerprint density at radius 2 is 1.59 bits per heavy atom. The number of hydrogen-bond acceptors (Lipinski definition) is 4. The normalized spacial score (nSPS) is 19.8. The summed E-state index contributed by atoms with van der Waals surface area (Å²) in [7, 11) is 0. The Bertz CT molecular complexity index is 1130. The second-order valence-electron chi connectivity index (χ2n) is 8.21. The molecule has 164 valence electrons. The zero-order chi connectivity index (χ0) is 23.0. The molecule has 1 heterocycles. The van der Waals surface area contributed by atoms with Gasteiger partial charge in [-0.25, -0.2) is 5.01 Å². The molecule has 0 N–H and O–H groups in total. The lowest BCUT2D eigenvalue weighted by atomic mass is 9.85. The lowest BCUT2D eigenvalue weighted by Gasteiger charge is -2.30. The van der Waals surface area contributed by atoms with Crippen LogP contribution < -0.4 is 0 Å². The summed E-state index contributed by atoms with van der Waals surface area (Å²) in [6, 6.07) is 11.6. The van der Waals surface area contributed by atoms with Crippen LogP contribution in [0.4, 0.5) is 0 Å². The number of aryl methyl sites for hydroxylation is 2. The van der Waals surface area contributed by atoms with Crippen LogP contribution in [0.3, 0.4) is 0 Å². The zero-order valence-corrected chi connectivity index (χ0v) is 18.6. The monoisotopic (exact) mass is 450 g/mol. The molecule has 4 rings (SSSR count). The van der Waals surface area contributed by atoms with Gasteiger partial charge in [0.1, 0.15) is 6.54 Å². The van der Waals surface area contributed by atoms with Crippen LogP contribution in [0.15, 0.2) is 54.6 Å². The van der Waals surface area contributed by atoms with Crippen LogP contribution >= 0.6 is 11.6 Å². The number of amides is 3. The van der Waals surface area contributed by atoms with Gasteiger partial charge in [-0.1, -0.05) is 48.0 Å². The van der Waals surface area contributed by atoms with E-state index in [9.17, 15) is 19.2 Å². The molecule has 3 amide bonds. The fourth-order valence-corrected chi connectivity index (χ4v) is 4.39. The van der Waals surface area contributed by atoms with E-state index in [2.05, 4.69) is 0 Å². The highest BCUT2D eigenvalue weighted by Crippen LogP contribution is 2.36. The molecule has 0 saturated carbocycles. The van der Waals surface area contributed by atoms with Gasteiger partial charge in [0.15, 0.2) is 5.78 Å². The molecule has 2 atom stereocenters. The Kier molecular flexibility index (Phi) is 5.98. The molecule has 0 bridgehead atoms. The number of hydrogen-bond donors (Lipinski definition) is 0. The number of benzene rings is 2. The van der Waals surface area contributed by atoms with Crippen LogP contribution in [0, 0.1) is 25.7 Å². The highest BCUT2D eigenvalue weighted by Gasteiger charge is 2.51. The van der Waals surface area contributed by atoms with Crippen molar-refractivity contribution in [2.75, 3.05) is 6.54 Å². The summed E-state index contributed by atoms with van der Waals surface area (Å²) in [5.74, 6) is -3.00. The zero-order valence-electron chi connectivity index (χ0n) is 17.9. The first-order valence-electron chi connectivity index (χ1n) is 10.5. The third-order valence-electron chi connectivity index (χ3n) is 6.19. The molecular weight excluding hydrogens is 428 g/mol. The van der Waals surface area contributed by atoms with E-state index in [1.807, 2.05) is 32.1 Å². The predicted octanol–water partition coefficient (Wildman–Crippen LogP) is 4.15. The number of ketones is 1. The van der Waals surface area contributed by atoms with Crippen molar-refractivity contribution in [1.29, 1.82) is 0 Å². The topological polar surface area (TPSA) is 74.8 Å². The fraction of sp³-hybridized carbons (Fsp3) is 0.280. The third kappa shape index (κ3) is 3.86. The number of hydrazine groups is 1. The van der Waals surface area contributed by atoms with Crippen LogP contribution in [0.25, 0.3) is 0 Å². The number of halogens is 1. The predicted molar refractivity (Wildman–Crippen MR) is 120 cm³/mol. The summed E-state index contributed by atoms with van der Waals surface area (Å²) in [5.41, 5.74) is 2.50. The van der Waals surface area contributed by atoms with E-state index in [1.165, 1.54) is 6.07 Å². The van der Waals surface area contributed by atoms with Gasteiger partial charge in [0.25, 0.3) is 17.7 Å². The van der Waals surface area contributed by atoms with Crippen LogP contribution in [0.5, 0.6) is 0 Å². The van der Waals surface area contributed by atoms with E-state index in [4.69, 9.17) is 11.6 Å². The molecule has 1 aliphatic heterocycles. The lowest BCUT2D eigenvalue weighted by Crippen LogP contribution is -2.52. The number of Topliss-reactive ketones (excluding diaryl/α,β-unsaturated/α-hetero) is 1. The molecule has 1 saturated heterocycles. The number of allylic oxidation sites excluding steroid dienone is 2. The molecule has 2 aromatic rings. The molecule has 0 spiro atoms. The maximum Gasteiger partial charge on any atom is 0.274 e. The first kappa shape index (κ1) is 22.0. The van der Waals surface area contributed by atoms with Gasteiger partial charge in [0.2, 0.25) is 0 Å². The highest BCUT2D eigenvalue weighted by molar-refractivity contribution is 6.34. The van der Waals surface area contributed by atoms with Crippen molar-refractivity contribution in [2.24, 2.45) is 11.8 Å².